The number of ether oxygens (including phenoxy) is 1. The highest BCUT2D eigenvalue weighted by molar-refractivity contribution is 5.72. The van der Waals surface area contributed by atoms with Crippen molar-refractivity contribution < 1.29 is 17.9 Å². The summed E-state index contributed by atoms with van der Waals surface area (Å²) in [5, 5.41) is 0. The monoisotopic (exact) mass is 368 g/mol. The van der Waals surface area contributed by atoms with E-state index in [4.69, 9.17) is 4.74 Å². The Morgan fingerprint density at radius 2 is 1.48 bits per heavy atom. The zero-order chi connectivity index (χ0) is 19.4. The molecular weight excluding hydrogens is 349 g/mol. The van der Waals surface area contributed by atoms with E-state index in [0.717, 1.165) is 5.56 Å². The van der Waals surface area contributed by atoms with Gasteiger partial charge in [-0.1, -0.05) is 54.6 Å². The van der Waals surface area contributed by atoms with Crippen molar-refractivity contribution >= 4 is 6.08 Å². The van der Waals surface area contributed by atoms with Crippen LogP contribution in [0.15, 0.2) is 60.7 Å². The Hall–Kier alpha value is -3.01. The summed E-state index contributed by atoms with van der Waals surface area (Å²) in [7, 11) is 0. The maximum Gasteiger partial charge on any atom is 0.167 e. The van der Waals surface area contributed by atoms with E-state index in [-0.39, 0.29) is 16.9 Å². The van der Waals surface area contributed by atoms with E-state index in [1.54, 1.807) is 68.5 Å². The van der Waals surface area contributed by atoms with Gasteiger partial charge in [-0.3, -0.25) is 0 Å². The molecule has 0 unspecified atom stereocenters. The lowest BCUT2D eigenvalue weighted by molar-refractivity contribution is 0.321. The molecule has 0 bridgehead atoms. The molecule has 3 aromatic carbocycles. The molecule has 4 heteroatoms. The van der Waals surface area contributed by atoms with Crippen LogP contribution in [0.1, 0.15) is 19.4 Å². The van der Waals surface area contributed by atoms with Gasteiger partial charge in [-0.05, 0) is 42.7 Å². The van der Waals surface area contributed by atoms with E-state index in [9.17, 15) is 13.2 Å². The minimum Gasteiger partial charge on any atom is -0.491 e. The van der Waals surface area contributed by atoms with Gasteiger partial charge < -0.3 is 4.74 Å². The van der Waals surface area contributed by atoms with Gasteiger partial charge in [0.1, 0.15) is 0 Å². The molecule has 0 saturated heterocycles. The molecule has 0 N–H and O–H groups in total. The Morgan fingerprint density at radius 1 is 0.815 bits per heavy atom. The van der Waals surface area contributed by atoms with Gasteiger partial charge in [0.05, 0.1) is 6.61 Å². The lowest BCUT2D eigenvalue weighted by Gasteiger charge is -2.09. The lowest BCUT2D eigenvalue weighted by Crippen LogP contribution is -1.95. The van der Waals surface area contributed by atoms with Crippen molar-refractivity contribution in [1.82, 2.24) is 0 Å². The Bertz CT molecular complexity index is 976. The van der Waals surface area contributed by atoms with Crippen LogP contribution >= 0.6 is 0 Å². The first kappa shape index (κ1) is 18.8. The number of allylic oxidation sites excluding steroid dienone is 1. The predicted molar refractivity (Wildman–Crippen MR) is 103 cm³/mol. The second-order valence-corrected chi connectivity index (χ2v) is 5.99. The van der Waals surface area contributed by atoms with Crippen molar-refractivity contribution in [3.63, 3.8) is 0 Å². The van der Waals surface area contributed by atoms with E-state index >= 15 is 0 Å². The fourth-order valence-electron chi connectivity index (χ4n) is 2.89. The van der Waals surface area contributed by atoms with Crippen molar-refractivity contribution in [1.29, 1.82) is 0 Å². The van der Waals surface area contributed by atoms with E-state index in [1.165, 1.54) is 12.1 Å². The third kappa shape index (κ3) is 3.90. The third-order valence-corrected chi connectivity index (χ3v) is 4.22. The minimum atomic E-state index is -0.884. The van der Waals surface area contributed by atoms with Gasteiger partial charge in [0.15, 0.2) is 23.2 Å². The van der Waals surface area contributed by atoms with Gasteiger partial charge in [-0.15, -0.1) is 0 Å². The fraction of sp³-hybridized carbons (Fsp3) is 0.130. The minimum absolute atomic E-state index is 0.185. The molecule has 0 spiro atoms. The van der Waals surface area contributed by atoms with Crippen LogP contribution in [-0.4, -0.2) is 6.61 Å². The fourth-order valence-corrected chi connectivity index (χ4v) is 2.89. The standard InChI is InChI=1S/C23H19F3O/c1-3-5-17-10-12-19(23(26)22(17)25)16-8-6-15(7-9-16)18-11-13-21(27-4-2)20(24)14-18/h3,5-14H,4H2,1-2H3/b5-3+. The number of hydrogen-bond acceptors (Lipinski definition) is 1. The summed E-state index contributed by atoms with van der Waals surface area (Å²) in [5.41, 5.74) is 2.39. The van der Waals surface area contributed by atoms with Crippen LogP contribution in [0.2, 0.25) is 0 Å². The smallest absolute Gasteiger partial charge is 0.167 e. The summed E-state index contributed by atoms with van der Waals surface area (Å²) in [4.78, 5) is 0. The van der Waals surface area contributed by atoms with Crippen LogP contribution in [0.4, 0.5) is 13.2 Å². The maximum atomic E-state index is 14.4. The molecule has 0 aliphatic heterocycles. The molecule has 0 heterocycles. The van der Waals surface area contributed by atoms with Crippen LogP contribution < -0.4 is 4.74 Å². The predicted octanol–water partition coefficient (Wildman–Crippen LogP) is 6.87. The molecule has 0 fully saturated rings. The van der Waals surface area contributed by atoms with E-state index < -0.39 is 17.5 Å². The maximum absolute atomic E-state index is 14.4. The molecule has 0 aliphatic carbocycles. The second-order valence-electron chi connectivity index (χ2n) is 5.99. The highest BCUT2D eigenvalue weighted by Crippen LogP contribution is 2.30. The average Bonchev–Trinajstić information content (AvgIpc) is 2.68. The normalized spacial score (nSPS) is 11.1. The van der Waals surface area contributed by atoms with Gasteiger partial charge in [0.2, 0.25) is 0 Å². The third-order valence-electron chi connectivity index (χ3n) is 4.22. The summed E-state index contributed by atoms with van der Waals surface area (Å²) < 4.78 is 47.8. The quantitative estimate of drug-likeness (QED) is 0.477. The van der Waals surface area contributed by atoms with Crippen molar-refractivity contribution in [2.45, 2.75) is 13.8 Å². The zero-order valence-electron chi connectivity index (χ0n) is 15.1. The van der Waals surface area contributed by atoms with Crippen LogP contribution in [0.3, 0.4) is 0 Å². The van der Waals surface area contributed by atoms with Gasteiger partial charge >= 0.3 is 0 Å². The first-order valence-electron chi connectivity index (χ1n) is 8.69. The van der Waals surface area contributed by atoms with Gasteiger partial charge in [0, 0.05) is 11.1 Å². The van der Waals surface area contributed by atoms with Crippen LogP contribution in [0.5, 0.6) is 5.75 Å². The molecule has 27 heavy (non-hydrogen) atoms. The van der Waals surface area contributed by atoms with Crippen molar-refractivity contribution in [2.24, 2.45) is 0 Å². The molecule has 0 aliphatic rings. The summed E-state index contributed by atoms with van der Waals surface area (Å²) in [6.45, 7) is 3.92. The molecule has 0 atom stereocenters. The van der Waals surface area contributed by atoms with Crippen molar-refractivity contribution in [3.8, 4) is 28.0 Å². The van der Waals surface area contributed by atoms with Crippen LogP contribution in [-0.2, 0) is 0 Å². The zero-order valence-corrected chi connectivity index (χ0v) is 15.1. The van der Waals surface area contributed by atoms with E-state index in [1.807, 2.05) is 0 Å². The highest BCUT2D eigenvalue weighted by Gasteiger charge is 2.13. The molecule has 0 radical (unpaired) electrons. The van der Waals surface area contributed by atoms with E-state index in [2.05, 4.69) is 0 Å². The highest BCUT2D eigenvalue weighted by atomic mass is 19.2. The van der Waals surface area contributed by atoms with Crippen LogP contribution in [0.25, 0.3) is 28.3 Å². The Kier molecular flexibility index (Phi) is 5.65. The molecule has 0 saturated carbocycles. The molecule has 1 nitrogen and oxygen atoms in total. The second kappa shape index (κ2) is 8.12. The first-order chi connectivity index (χ1) is 13.0. The lowest BCUT2D eigenvalue weighted by atomic mass is 9.98. The molecule has 3 rings (SSSR count). The Morgan fingerprint density at radius 3 is 2.11 bits per heavy atom. The SMILES string of the molecule is C/C=C/c1ccc(-c2ccc(-c3ccc(OCC)c(F)c3)cc2)c(F)c1F. The van der Waals surface area contributed by atoms with Gasteiger partial charge in [-0.2, -0.15) is 0 Å². The van der Waals surface area contributed by atoms with E-state index in [0.29, 0.717) is 17.7 Å². The molecule has 3 aromatic rings. The molecule has 0 amide bonds. The summed E-state index contributed by atoms with van der Waals surface area (Å²) in [6, 6.07) is 14.7. The van der Waals surface area contributed by atoms with Gasteiger partial charge in [-0.25, -0.2) is 13.2 Å². The molecule has 138 valence electrons. The summed E-state index contributed by atoms with van der Waals surface area (Å²) in [5.74, 6) is -1.99. The average molecular weight is 368 g/mol. The largest absolute Gasteiger partial charge is 0.491 e. The number of benzene rings is 3. The number of rotatable bonds is 5. The van der Waals surface area contributed by atoms with Crippen LogP contribution in [0, 0.1) is 17.5 Å². The number of hydrogen-bond donors (Lipinski definition) is 0. The topological polar surface area (TPSA) is 9.23 Å². The summed E-state index contributed by atoms with van der Waals surface area (Å²) >= 11 is 0. The summed E-state index contributed by atoms with van der Waals surface area (Å²) in [6.07, 6.45) is 3.17. The Labute approximate surface area is 156 Å². The first-order valence-corrected chi connectivity index (χ1v) is 8.69. The molecular formula is C23H19F3O. The van der Waals surface area contributed by atoms with Crippen molar-refractivity contribution in [3.05, 3.63) is 83.7 Å². The molecule has 0 aromatic heterocycles. The number of halogens is 3. The van der Waals surface area contributed by atoms with Crippen molar-refractivity contribution in [2.75, 3.05) is 6.61 Å². The van der Waals surface area contributed by atoms with Gasteiger partial charge in [0.25, 0.3) is 0 Å². The Balaban J connectivity index is 1.92.